The van der Waals surface area contributed by atoms with Gasteiger partial charge in [-0.1, -0.05) is 42.0 Å². The Balaban J connectivity index is 1.40. The van der Waals surface area contributed by atoms with Gasteiger partial charge in [-0.15, -0.1) is 10.2 Å². The van der Waals surface area contributed by atoms with E-state index in [1.54, 1.807) is 0 Å². The summed E-state index contributed by atoms with van der Waals surface area (Å²) in [4.78, 5) is 14.4. The standard InChI is InChI=1S/C17H25N7O/c25-17(19-12-16-20-22-23-21-16)18-10-9-15-8-4-5-11-24(15)13-14-6-2-1-3-7-14/h1-3,6-7,15H,4-5,8-13H2,(H2,18,19,25)(H,20,21,22,23)/t15-/m1/s1. The number of likely N-dealkylation sites (tertiary alicyclic amines) is 1. The first kappa shape index (κ1) is 17.3. The summed E-state index contributed by atoms with van der Waals surface area (Å²) in [7, 11) is 0. The second-order valence-corrected chi connectivity index (χ2v) is 6.33. The molecule has 3 rings (SSSR count). The van der Waals surface area contributed by atoms with Crippen molar-refractivity contribution in [3.8, 4) is 0 Å². The molecule has 0 saturated carbocycles. The Bertz CT molecular complexity index is 632. The quantitative estimate of drug-likeness (QED) is 0.707. The summed E-state index contributed by atoms with van der Waals surface area (Å²) < 4.78 is 0. The molecule has 8 heteroatoms. The number of tetrazole rings is 1. The zero-order chi connectivity index (χ0) is 17.3. The number of hydrogen-bond acceptors (Lipinski definition) is 5. The highest BCUT2D eigenvalue weighted by Crippen LogP contribution is 2.21. The van der Waals surface area contributed by atoms with E-state index in [1.807, 2.05) is 6.07 Å². The maximum Gasteiger partial charge on any atom is 0.315 e. The van der Waals surface area contributed by atoms with Gasteiger partial charge in [0, 0.05) is 19.1 Å². The van der Waals surface area contributed by atoms with E-state index in [4.69, 9.17) is 0 Å². The molecular weight excluding hydrogens is 318 g/mol. The first-order valence-electron chi connectivity index (χ1n) is 8.83. The van der Waals surface area contributed by atoms with Crippen molar-refractivity contribution in [1.29, 1.82) is 0 Å². The fraction of sp³-hybridized carbons (Fsp3) is 0.529. The van der Waals surface area contributed by atoms with Crippen molar-refractivity contribution in [1.82, 2.24) is 36.2 Å². The third kappa shape index (κ3) is 5.53. The summed E-state index contributed by atoms with van der Waals surface area (Å²) in [6.07, 6.45) is 4.67. The molecule has 134 valence electrons. The van der Waals surface area contributed by atoms with Crippen LogP contribution in [0, 0.1) is 0 Å². The van der Waals surface area contributed by atoms with Crippen molar-refractivity contribution in [2.24, 2.45) is 0 Å². The van der Waals surface area contributed by atoms with E-state index in [0.29, 0.717) is 18.4 Å². The van der Waals surface area contributed by atoms with Gasteiger partial charge in [-0.2, -0.15) is 5.21 Å². The number of carbonyl (C=O) groups excluding carboxylic acids is 1. The molecule has 25 heavy (non-hydrogen) atoms. The molecule has 0 spiro atoms. The van der Waals surface area contributed by atoms with Gasteiger partial charge in [0.1, 0.15) is 0 Å². The lowest BCUT2D eigenvalue weighted by Gasteiger charge is -2.36. The van der Waals surface area contributed by atoms with Crippen LogP contribution in [0.5, 0.6) is 0 Å². The highest BCUT2D eigenvalue weighted by Gasteiger charge is 2.22. The summed E-state index contributed by atoms with van der Waals surface area (Å²) in [6, 6.07) is 10.9. The maximum absolute atomic E-state index is 11.8. The molecule has 8 nitrogen and oxygen atoms in total. The van der Waals surface area contributed by atoms with Gasteiger partial charge in [-0.05, 0) is 31.4 Å². The molecule has 0 aliphatic carbocycles. The predicted molar refractivity (Wildman–Crippen MR) is 93.5 cm³/mol. The van der Waals surface area contributed by atoms with Crippen molar-refractivity contribution in [3.05, 3.63) is 41.7 Å². The molecule has 0 bridgehead atoms. The number of benzene rings is 1. The second kappa shape index (κ2) is 9.12. The zero-order valence-corrected chi connectivity index (χ0v) is 14.3. The van der Waals surface area contributed by atoms with Crippen LogP contribution in [0.4, 0.5) is 4.79 Å². The van der Waals surface area contributed by atoms with Crippen LogP contribution in [0.15, 0.2) is 30.3 Å². The average Bonchev–Trinajstić information content (AvgIpc) is 3.16. The van der Waals surface area contributed by atoms with Crippen LogP contribution in [0.3, 0.4) is 0 Å². The van der Waals surface area contributed by atoms with Crippen molar-refractivity contribution < 1.29 is 4.79 Å². The Hall–Kier alpha value is -2.48. The lowest BCUT2D eigenvalue weighted by atomic mass is 9.98. The number of nitrogens with zero attached hydrogens (tertiary/aromatic N) is 4. The Kier molecular flexibility index (Phi) is 6.33. The molecule has 3 N–H and O–H groups in total. The summed E-state index contributed by atoms with van der Waals surface area (Å²) in [5, 5.41) is 19.0. The number of H-pyrrole nitrogens is 1. The van der Waals surface area contributed by atoms with Gasteiger partial charge < -0.3 is 10.6 Å². The van der Waals surface area contributed by atoms with Gasteiger partial charge in [-0.25, -0.2) is 4.79 Å². The van der Waals surface area contributed by atoms with Gasteiger partial charge in [0.25, 0.3) is 0 Å². The van der Waals surface area contributed by atoms with Crippen LogP contribution >= 0.6 is 0 Å². The second-order valence-electron chi connectivity index (χ2n) is 6.33. The molecule has 1 fully saturated rings. The Morgan fingerprint density at radius 2 is 2.12 bits per heavy atom. The summed E-state index contributed by atoms with van der Waals surface area (Å²) in [5.41, 5.74) is 1.35. The third-order valence-corrected chi connectivity index (χ3v) is 4.54. The molecule has 1 aromatic carbocycles. The molecule has 2 amide bonds. The molecule has 0 radical (unpaired) electrons. The highest BCUT2D eigenvalue weighted by molar-refractivity contribution is 5.73. The molecule has 1 aliphatic rings. The topological polar surface area (TPSA) is 98.8 Å². The van der Waals surface area contributed by atoms with E-state index >= 15 is 0 Å². The van der Waals surface area contributed by atoms with Crippen LogP contribution in [0.1, 0.15) is 37.1 Å². The van der Waals surface area contributed by atoms with Gasteiger partial charge in [0.05, 0.1) is 6.54 Å². The number of aromatic amines is 1. The number of aromatic nitrogens is 4. The number of nitrogens with one attached hydrogen (secondary N) is 3. The van der Waals surface area contributed by atoms with Crippen molar-refractivity contribution >= 4 is 6.03 Å². The van der Waals surface area contributed by atoms with Crippen LogP contribution < -0.4 is 10.6 Å². The maximum atomic E-state index is 11.8. The minimum atomic E-state index is -0.199. The largest absolute Gasteiger partial charge is 0.338 e. The zero-order valence-electron chi connectivity index (χ0n) is 14.3. The Morgan fingerprint density at radius 1 is 1.24 bits per heavy atom. The number of hydrogen-bond donors (Lipinski definition) is 3. The molecule has 1 saturated heterocycles. The number of urea groups is 1. The van der Waals surface area contributed by atoms with Crippen molar-refractivity contribution in [2.45, 2.75) is 44.8 Å². The smallest absolute Gasteiger partial charge is 0.315 e. The van der Waals surface area contributed by atoms with Gasteiger partial charge in [0.15, 0.2) is 5.82 Å². The molecular formula is C17H25N7O. The monoisotopic (exact) mass is 343 g/mol. The van der Waals surface area contributed by atoms with Gasteiger partial charge >= 0.3 is 6.03 Å². The number of carbonyl (C=O) groups is 1. The van der Waals surface area contributed by atoms with E-state index in [-0.39, 0.29) is 12.6 Å². The van der Waals surface area contributed by atoms with Crippen LogP contribution in [0.25, 0.3) is 0 Å². The summed E-state index contributed by atoms with van der Waals surface area (Å²) in [5.74, 6) is 0.469. The number of amides is 2. The van der Waals surface area contributed by atoms with E-state index in [0.717, 1.165) is 19.5 Å². The molecule has 1 aliphatic heterocycles. The molecule has 1 atom stereocenters. The van der Waals surface area contributed by atoms with Crippen LogP contribution in [0.2, 0.25) is 0 Å². The fourth-order valence-electron chi connectivity index (χ4n) is 3.24. The molecule has 0 unspecified atom stereocenters. The van der Waals surface area contributed by atoms with E-state index < -0.39 is 0 Å². The first-order valence-corrected chi connectivity index (χ1v) is 8.83. The minimum Gasteiger partial charge on any atom is -0.338 e. The number of piperidine rings is 1. The van der Waals surface area contributed by atoms with E-state index in [9.17, 15) is 4.79 Å². The minimum absolute atomic E-state index is 0.199. The average molecular weight is 343 g/mol. The van der Waals surface area contributed by atoms with Crippen molar-refractivity contribution in [3.63, 3.8) is 0 Å². The lowest BCUT2D eigenvalue weighted by Crippen LogP contribution is -2.42. The Labute approximate surface area is 147 Å². The highest BCUT2D eigenvalue weighted by atomic mass is 16.2. The van der Waals surface area contributed by atoms with Gasteiger partial charge in [-0.3, -0.25) is 4.90 Å². The summed E-state index contributed by atoms with van der Waals surface area (Å²) in [6.45, 7) is 3.04. The molecule has 2 heterocycles. The Morgan fingerprint density at radius 3 is 2.92 bits per heavy atom. The van der Waals surface area contributed by atoms with E-state index in [2.05, 4.69) is 60.4 Å². The van der Waals surface area contributed by atoms with Crippen LogP contribution in [-0.2, 0) is 13.1 Å². The SMILES string of the molecule is O=C(NCC[C@H]1CCCCN1Cc1ccccc1)NCc1nn[nH]n1. The molecule has 1 aromatic heterocycles. The lowest BCUT2D eigenvalue weighted by molar-refractivity contribution is 0.132. The summed E-state index contributed by atoms with van der Waals surface area (Å²) >= 11 is 0. The third-order valence-electron chi connectivity index (χ3n) is 4.54. The normalized spacial score (nSPS) is 18.0. The predicted octanol–water partition coefficient (Wildman–Crippen LogP) is 1.44. The number of rotatable bonds is 7. The fourth-order valence-corrected chi connectivity index (χ4v) is 3.24. The molecule has 2 aromatic rings. The first-order chi connectivity index (χ1) is 12.3. The van der Waals surface area contributed by atoms with Crippen molar-refractivity contribution in [2.75, 3.05) is 13.1 Å². The van der Waals surface area contributed by atoms with Crippen LogP contribution in [-0.4, -0.2) is 50.7 Å². The van der Waals surface area contributed by atoms with Gasteiger partial charge in [0.2, 0.25) is 0 Å². The van der Waals surface area contributed by atoms with E-state index in [1.165, 1.54) is 24.8 Å².